The zero-order valence-corrected chi connectivity index (χ0v) is 10.7. The van der Waals surface area contributed by atoms with Crippen LogP contribution in [0.1, 0.15) is 42.9 Å². The van der Waals surface area contributed by atoms with Gasteiger partial charge in [-0.1, -0.05) is 6.07 Å². The van der Waals surface area contributed by atoms with Gasteiger partial charge >= 0.3 is 0 Å². The van der Waals surface area contributed by atoms with Gasteiger partial charge in [0.25, 0.3) is 0 Å². The summed E-state index contributed by atoms with van der Waals surface area (Å²) in [5, 5.41) is 3.33. The SMILES string of the molecule is O=C(CC1CCNC1)C1CCCc2cccnc21. The molecule has 1 aromatic heterocycles. The van der Waals surface area contributed by atoms with E-state index in [1.807, 2.05) is 12.3 Å². The largest absolute Gasteiger partial charge is 0.316 e. The number of hydrogen-bond donors (Lipinski definition) is 1. The molecule has 96 valence electrons. The molecule has 3 rings (SSSR count). The zero-order valence-electron chi connectivity index (χ0n) is 10.7. The molecule has 18 heavy (non-hydrogen) atoms. The molecular formula is C15H20N2O. The Hall–Kier alpha value is -1.22. The van der Waals surface area contributed by atoms with Crippen LogP contribution in [0.4, 0.5) is 0 Å². The smallest absolute Gasteiger partial charge is 0.142 e. The lowest BCUT2D eigenvalue weighted by Crippen LogP contribution is -2.22. The first kappa shape index (κ1) is 11.8. The van der Waals surface area contributed by atoms with Crippen LogP contribution in [0.15, 0.2) is 18.3 Å². The lowest BCUT2D eigenvalue weighted by atomic mass is 9.81. The highest BCUT2D eigenvalue weighted by Gasteiger charge is 2.29. The van der Waals surface area contributed by atoms with Crippen molar-refractivity contribution in [3.8, 4) is 0 Å². The maximum absolute atomic E-state index is 12.4. The number of nitrogens with one attached hydrogen (secondary N) is 1. The molecule has 1 N–H and O–H groups in total. The first-order valence-corrected chi connectivity index (χ1v) is 7.02. The molecule has 1 fully saturated rings. The number of carbonyl (C=O) groups is 1. The third-order valence-electron chi connectivity index (χ3n) is 4.24. The number of fused-ring (bicyclic) bond motifs is 1. The topological polar surface area (TPSA) is 42.0 Å². The van der Waals surface area contributed by atoms with Crippen LogP contribution in [0.2, 0.25) is 0 Å². The summed E-state index contributed by atoms with van der Waals surface area (Å²) in [4.78, 5) is 16.9. The molecule has 1 aromatic rings. The van der Waals surface area contributed by atoms with E-state index in [0.29, 0.717) is 11.7 Å². The van der Waals surface area contributed by atoms with Gasteiger partial charge in [0, 0.05) is 12.6 Å². The molecule has 0 radical (unpaired) electrons. The zero-order chi connectivity index (χ0) is 12.4. The summed E-state index contributed by atoms with van der Waals surface area (Å²) in [6.45, 7) is 2.07. The molecule has 2 atom stereocenters. The van der Waals surface area contributed by atoms with Crippen LogP contribution in [0.3, 0.4) is 0 Å². The number of rotatable bonds is 3. The Balaban J connectivity index is 1.74. The second kappa shape index (κ2) is 5.19. The summed E-state index contributed by atoms with van der Waals surface area (Å²) in [5.41, 5.74) is 2.34. The van der Waals surface area contributed by atoms with Crippen LogP contribution in [0.25, 0.3) is 0 Å². The fourth-order valence-corrected chi connectivity index (χ4v) is 3.24. The van der Waals surface area contributed by atoms with Gasteiger partial charge < -0.3 is 5.32 Å². The highest BCUT2D eigenvalue weighted by Crippen LogP contribution is 2.32. The fourth-order valence-electron chi connectivity index (χ4n) is 3.24. The normalized spacial score (nSPS) is 26.9. The first-order valence-electron chi connectivity index (χ1n) is 7.02. The second-order valence-corrected chi connectivity index (χ2v) is 5.52. The van der Waals surface area contributed by atoms with Gasteiger partial charge in [-0.3, -0.25) is 9.78 Å². The van der Waals surface area contributed by atoms with Crippen molar-refractivity contribution in [1.29, 1.82) is 0 Å². The predicted octanol–water partition coefficient (Wildman–Crippen LogP) is 2.07. The molecule has 1 saturated heterocycles. The van der Waals surface area contributed by atoms with E-state index in [1.165, 1.54) is 5.56 Å². The molecule has 0 saturated carbocycles. The Morgan fingerprint density at radius 3 is 3.22 bits per heavy atom. The average molecular weight is 244 g/mol. The molecule has 0 amide bonds. The van der Waals surface area contributed by atoms with E-state index in [4.69, 9.17) is 0 Å². The third kappa shape index (κ3) is 2.32. The summed E-state index contributed by atoms with van der Waals surface area (Å²) < 4.78 is 0. The van der Waals surface area contributed by atoms with E-state index in [-0.39, 0.29) is 5.92 Å². The van der Waals surface area contributed by atoms with Gasteiger partial charge in [0.15, 0.2) is 0 Å². The summed E-state index contributed by atoms with van der Waals surface area (Å²) in [6, 6.07) is 4.10. The molecule has 0 aromatic carbocycles. The quantitative estimate of drug-likeness (QED) is 0.885. The average Bonchev–Trinajstić information content (AvgIpc) is 2.91. The molecule has 3 heteroatoms. The van der Waals surface area contributed by atoms with Gasteiger partial charge in [-0.05, 0) is 56.3 Å². The van der Waals surface area contributed by atoms with Crippen LogP contribution in [0, 0.1) is 5.92 Å². The number of hydrogen-bond acceptors (Lipinski definition) is 3. The summed E-state index contributed by atoms with van der Waals surface area (Å²) in [7, 11) is 0. The minimum Gasteiger partial charge on any atom is -0.316 e. The van der Waals surface area contributed by atoms with Crippen molar-refractivity contribution < 1.29 is 4.79 Å². The molecule has 2 aliphatic rings. The number of nitrogens with zero attached hydrogens (tertiary/aromatic N) is 1. The molecule has 1 aliphatic carbocycles. The number of carbonyl (C=O) groups excluding carboxylic acids is 1. The van der Waals surface area contributed by atoms with Crippen molar-refractivity contribution in [3.05, 3.63) is 29.6 Å². The van der Waals surface area contributed by atoms with Gasteiger partial charge in [0.2, 0.25) is 0 Å². The van der Waals surface area contributed by atoms with Gasteiger partial charge in [0.05, 0.1) is 11.6 Å². The highest BCUT2D eigenvalue weighted by molar-refractivity contribution is 5.86. The Bertz CT molecular complexity index is 438. The lowest BCUT2D eigenvalue weighted by Gasteiger charge is -2.24. The van der Waals surface area contributed by atoms with Crippen LogP contribution in [-0.2, 0) is 11.2 Å². The minimum atomic E-state index is 0.0653. The summed E-state index contributed by atoms with van der Waals surface area (Å²) in [6.07, 6.45) is 6.89. The maximum Gasteiger partial charge on any atom is 0.142 e. The van der Waals surface area contributed by atoms with E-state index < -0.39 is 0 Å². The maximum atomic E-state index is 12.4. The molecule has 2 unspecified atom stereocenters. The minimum absolute atomic E-state index is 0.0653. The second-order valence-electron chi connectivity index (χ2n) is 5.52. The van der Waals surface area contributed by atoms with Gasteiger partial charge in [0.1, 0.15) is 5.78 Å². The summed E-state index contributed by atoms with van der Waals surface area (Å²) in [5.74, 6) is 1.02. The number of aryl methyl sites for hydroxylation is 1. The Morgan fingerprint density at radius 2 is 2.39 bits per heavy atom. The molecule has 3 nitrogen and oxygen atoms in total. The van der Waals surface area contributed by atoms with Crippen LogP contribution in [-0.4, -0.2) is 23.9 Å². The van der Waals surface area contributed by atoms with Crippen LogP contribution in [0.5, 0.6) is 0 Å². The van der Waals surface area contributed by atoms with Crippen molar-refractivity contribution in [2.24, 2.45) is 5.92 Å². The number of aromatic nitrogens is 1. The van der Waals surface area contributed by atoms with Crippen LogP contribution < -0.4 is 5.32 Å². The van der Waals surface area contributed by atoms with Gasteiger partial charge in [-0.2, -0.15) is 0 Å². The first-order chi connectivity index (χ1) is 8.84. The third-order valence-corrected chi connectivity index (χ3v) is 4.24. The standard InChI is InChI=1S/C15H20N2O/c18-14(9-11-6-8-16-10-11)13-5-1-3-12-4-2-7-17-15(12)13/h2,4,7,11,13,16H,1,3,5-6,8-10H2. The number of Topliss-reactive ketones (excluding diaryl/α,β-unsaturated/α-hetero) is 1. The fraction of sp³-hybridized carbons (Fsp3) is 0.600. The molecule has 1 aliphatic heterocycles. The van der Waals surface area contributed by atoms with Gasteiger partial charge in [-0.25, -0.2) is 0 Å². The van der Waals surface area contributed by atoms with E-state index in [1.54, 1.807) is 0 Å². The van der Waals surface area contributed by atoms with E-state index in [0.717, 1.165) is 50.9 Å². The van der Waals surface area contributed by atoms with E-state index in [2.05, 4.69) is 16.4 Å². The Labute approximate surface area is 108 Å². The Morgan fingerprint density at radius 1 is 1.44 bits per heavy atom. The monoisotopic (exact) mass is 244 g/mol. The molecule has 0 bridgehead atoms. The van der Waals surface area contributed by atoms with E-state index in [9.17, 15) is 4.79 Å². The Kier molecular flexibility index (Phi) is 3.41. The molecule has 2 heterocycles. The van der Waals surface area contributed by atoms with Gasteiger partial charge in [-0.15, -0.1) is 0 Å². The van der Waals surface area contributed by atoms with Crippen molar-refractivity contribution in [2.45, 2.75) is 38.0 Å². The number of ketones is 1. The summed E-state index contributed by atoms with van der Waals surface area (Å²) >= 11 is 0. The van der Waals surface area contributed by atoms with Crippen molar-refractivity contribution in [1.82, 2.24) is 10.3 Å². The van der Waals surface area contributed by atoms with Crippen molar-refractivity contribution in [2.75, 3.05) is 13.1 Å². The predicted molar refractivity (Wildman–Crippen MR) is 70.5 cm³/mol. The van der Waals surface area contributed by atoms with Crippen molar-refractivity contribution >= 4 is 5.78 Å². The molecule has 0 spiro atoms. The number of pyridine rings is 1. The van der Waals surface area contributed by atoms with Crippen LogP contribution >= 0.6 is 0 Å². The highest BCUT2D eigenvalue weighted by atomic mass is 16.1. The lowest BCUT2D eigenvalue weighted by molar-refractivity contribution is -0.121. The molecular weight excluding hydrogens is 224 g/mol. The van der Waals surface area contributed by atoms with E-state index >= 15 is 0 Å². The van der Waals surface area contributed by atoms with Crippen molar-refractivity contribution in [3.63, 3.8) is 0 Å².